The zero-order valence-electron chi connectivity index (χ0n) is 12.7. The third-order valence-electron chi connectivity index (χ3n) is 3.42. The van der Waals surface area contributed by atoms with Crippen molar-refractivity contribution in [1.82, 2.24) is 0 Å². The molecule has 0 saturated carbocycles. The molecule has 0 spiro atoms. The third kappa shape index (κ3) is 3.65. The minimum absolute atomic E-state index is 0.104. The van der Waals surface area contributed by atoms with Gasteiger partial charge in [0, 0.05) is 5.41 Å². The molecule has 0 bridgehead atoms. The van der Waals surface area contributed by atoms with Crippen LogP contribution in [0, 0.1) is 5.41 Å². The van der Waals surface area contributed by atoms with Crippen LogP contribution in [0.2, 0.25) is 0 Å². The summed E-state index contributed by atoms with van der Waals surface area (Å²) in [6, 6.07) is 17.6. The van der Waals surface area contributed by atoms with Crippen molar-refractivity contribution in [3.63, 3.8) is 0 Å². The molecule has 3 rings (SSSR count). The quantitative estimate of drug-likeness (QED) is 0.848. The first-order valence-corrected chi connectivity index (χ1v) is 8.71. The minimum atomic E-state index is -3.25. The van der Waals surface area contributed by atoms with Gasteiger partial charge in [-0.25, -0.2) is 0 Å². The lowest BCUT2D eigenvalue weighted by Gasteiger charge is -2.38. The first-order chi connectivity index (χ1) is 10.5. The van der Waals surface area contributed by atoms with E-state index in [1.54, 1.807) is 0 Å². The number of rotatable bonds is 3. The Morgan fingerprint density at radius 2 is 1.45 bits per heavy atom. The Bertz CT molecular complexity index is 615. The normalized spacial score (nSPS) is 19.6. The topological polar surface area (TPSA) is 47.9 Å². The lowest BCUT2D eigenvalue weighted by molar-refractivity contribution is -0.00113. The highest BCUT2D eigenvalue weighted by Crippen LogP contribution is 2.61. The molecule has 1 aliphatic rings. The highest BCUT2D eigenvalue weighted by atomic mass is 31.2. The number of hydrogen-bond donors (Lipinski definition) is 1. The molecule has 117 valence electrons. The van der Waals surface area contributed by atoms with Crippen LogP contribution in [0.1, 0.15) is 13.8 Å². The number of benzene rings is 2. The van der Waals surface area contributed by atoms with Gasteiger partial charge in [-0.15, -0.1) is 0 Å². The summed E-state index contributed by atoms with van der Waals surface area (Å²) in [5.41, 5.74) is 2.12. The van der Waals surface area contributed by atoms with Gasteiger partial charge in [0.25, 0.3) is 0 Å². The Morgan fingerprint density at radius 1 is 0.909 bits per heavy atom. The fourth-order valence-electron chi connectivity index (χ4n) is 2.12. The molecule has 5 heteroatoms. The van der Waals surface area contributed by atoms with Crippen molar-refractivity contribution in [3.05, 3.63) is 54.6 Å². The van der Waals surface area contributed by atoms with Gasteiger partial charge in [0.05, 0.1) is 13.2 Å². The average molecular weight is 319 g/mol. The van der Waals surface area contributed by atoms with Gasteiger partial charge < -0.3 is 9.42 Å². The molecule has 0 atom stereocenters. The lowest BCUT2D eigenvalue weighted by Crippen LogP contribution is -2.32. The van der Waals surface area contributed by atoms with Crippen molar-refractivity contribution in [1.29, 1.82) is 0 Å². The molecule has 1 N–H and O–H groups in total. The maximum Gasteiger partial charge on any atom is 0.433 e. The first kappa shape index (κ1) is 15.4. The van der Waals surface area contributed by atoms with Crippen molar-refractivity contribution in [2.75, 3.05) is 13.2 Å². The molecule has 22 heavy (non-hydrogen) atoms. The van der Waals surface area contributed by atoms with Gasteiger partial charge in [0.2, 0.25) is 0 Å². The van der Waals surface area contributed by atoms with Crippen molar-refractivity contribution in [2.45, 2.75) is 13.8 Å². The molecule has 1 heterocycles. The molecule has 0 amide bonds. The van der Waals surface area contributed by atoms with Crippen LogP contribution in [-0.2, 0) is 9.05 Å². The second-order valence-corrected chi connectivity index (χ2v) is 7.80. The molecular weight excluding hydrogens is 299 g/mol. The van der Waals surface area contributed by atoms with Crippen LogP contribution in [0.5, 0.6) is 5.75 Å². The van der Waals surface area contributed by atoms with Crippen LogP contribution < -0.4 is 4.52 Å². The molecule has 4 nitrogen and oxygen atoms in total. The van der Waals surface area contributed by atoms with E-state index in [0.29, 0.717) is 19.0 Å². The van der Waals surface area contributed by atoms with Crippen LogP contribution >= 0.6 is 8.17 Å². The van der Waals surface area contributed by atoms with E-state index in [4.69, 9.17) is 13.6 Å². The van der Waals surface area contributed by atoms with Gasteiger partial charge in [-0.2, -0.15) is 0 Å². The average Bonchev–Trinajstić information content (AvgIpc) is 2.53. The van der Waals surface area contributed by atoms with Gasteiger partial charge in [0.15, 0.2) is 0 Å². The van der Waals surface area contributed by atoms with Gasteiger partial charge in [-0.05, 0) is 23.3 Å². The molecule has 1 aliphatic heterocycles. The highest BCUT2D eigenvalue weighted by molar-refractivity contribution is 7.55. The van der Waals surface area contributed by atoms with Gasteiger partial charge in [-0.1, -0.05) is 56.3 Å². The summed E-state index contributed by atoms with van der Waals surface area (Å²) in [7, 11) is -3.25. The number of hydrogen-bond acceptors (Lipinski definition) is 4. The molecule has 1 saturated heterocycles. The second-order valence-electron chi connectivity index (χ2n) is 6.16. The summed E-state index contributed by atoms with van der Waals surface area (Å²) >= 11 is 0. The Labute approximate surface area is 131 Å². The van der Waals surface area contributed by atoms with Gasteiger partial charge in [0.1, 0.15) is 5.75 Å². The van der Waals surface area contributed by atoms with Gasteiger partial charge in [-0.3, -0.25) is 9.05 Å². The van der Waals surface area contributed by atoms with E-state index in [1.807, 2.05) is 68.4 Å². The largest absolute Gasteiger partial charge is 0.433 e. The van der Waals surface area contributed by atoms with Crippen molar-refractivity contribution in [2.24, 2.45) is 5.41 Å². The van der Waals surface area contributed by atoms with E-state index in [0.717, 1.165) is 11.1 Å². The van der Waals surface area contributed by atoms with E-state index in [1.165, 1.54) is 0 Å². The minimum Gasteiger partial charge on any atom is -0.415 e. The summed E-state index contributed by atoms with van der Waals surface area (Å²) in [5, 5.41) is 0. The Kier molecular flexibility index (Phi) is 4.20. The summed E-state index contributed by atoms with van der Waals surface area (Å²) < 4.78 is 16.4. The highest BCUT2D eigenvalue weighted by Gasteiger charge is 2.41. The van der Waals surface area contributed by atoms with Gasteiger partial charge >= 0.3 is 8.17 Å². The predicted molar refractivity (Wildman–Crippen MR) is 87.3 cm³/mol. The Hall–Kier alpha value is -1.45. The van der Waals surface area contributed by atoms with Crippen LogP contribution in [0.4, 0.5) is 0 Å². The summed E-state index contributed by atoms with van der Waals surface area (Å²) in [6.07, 6.45) is 0. The molecule has 2 aromatic carbocycles. The van der Waals surface area contributed by atoms with E-state index < -0.39 is 8.17 Å². The maximum absolute atomic E-state index is 10.3. The predicted octanol–water partition coefficient (Wildman–Crippen LogP) is 4.48. The first-order valence-electron chi connectivity index (χ1n) is 7.22. The van der Waals surface area contributed by atoms with E-state index >= 15 is 0 Å². The van der Waals surface area contributed by atoms with Crippen molar-refractivity contribution < 1.29 is 18.5 Å². The third-order valence-corrected chi connectivity index (χ3v) is 4.77. The van der Waals surface area contributed by atoms with Crippen LogP contribution in [0.3, 0.4) is 0 Å². The van der Waals surface area contributed by atoms with Crippen molar-refractivity contribution in [3.8, 4) is 16.9 Å². The van der Waals surface area contributed by atoms with E-state index in [9.17, 15) is 4.89 Å². The standard InChI is InChI=1S/C17H20O4P/c1-17(2)12-19-22(18,20-13-17)21-16-10-8-15(9-11-16)14-6-4-3-5-7-14/h3-11,18H,12-13H2,1-2H3. The smallest absolute Gasteiger partial charge is 0.415 e. The van der Waals surface area contributed by atoms with Crippen LogP contribution in [0.25, 0.3) is 11.1 Å². The van der Waals surface area contributed by atoms with E-state index in [-0.39, 0.29) is 5.41 Å². The zero-order chi connectivity index (χ0) is 15.6. The lowest BCUT2D eigenvalue weighted by atomic mass is 9.97. The fraction of sp³-hybridized carbons (Fsp3) is 0.294. The fourth-order valence-corrected chi connectivity index (χ4v) is 3.71. The zero-order valence-corrected chi connectivity index (χ0v) is 13.6. The maximum atomic E-state index is 10.3. The second kappa shape index (κ2) is 5.98. The van der Waals surface area contributed by atoms with E-state index in [2.05, 4.69) is 0 Å². The monoisotopic (exact) mass is 319 g/mol. The molecular formula is C17H20O4P. The van der Waals surface area contributed by atoms with Crippen LogP contribution in [-0.4, -0.2) is 18.1 Å². The molecule has 0 aromatic heterocycles. The molecule has 2 aromatic rings. The molecule has 0 aliphatic carbocycles. The molecule has 1 radical (unpaired) electrons. The molecule has 0 unspecified atom stereocenters. The molecule has 1 fully saturated rings. The summed E-state index contributed by atoms with van der Waals surface area (Å²) in [6.45, 7) is 4.87. The van der Waals surface area contributed by atoms with Crippen LogP contribution in [0.15, 0.2) is 54.6 Å². The summed E-state index contributed by atoms with van der Waals surface area (Å²) in [4.78, 5) is 10.3. The Balaban J connectivity index is 1.69. The summed E-state index contributed by atoms with van der Waals surface area (Å²) in [5.74, 6) is 0.537. The van der Waals surface area contributed by atoms with Crippen molar-refractivity contribution >= 4 is 8.17 Å². The SMILES string of the molecule is CC1(C)CO[P](O)(Oc2ccc(-c3ccccc3)cc2)OC1. The Morgan fingerprint density at radius 3 is 2.05 bits per heavy atom.